The summed E-state index contributed by atoms with van der Waals surface area (Å²) < 4.78 is 4.84. The number of thiophene rings is 1. The van der Waals surface area contributed by atoms with Crippen LogP contribution in [0.15, 0.2) is 109 Å². The van der Waals surface area contributed by atoms with Gasteiger partial charge in [-0.25, -0.2) is 9.97 Å². The molecule has 1 aliphatic carbocycles. The molecule has 0 spiro atoms. The normalized spacial score (nSPS) is 14.8. The van der Waals surface area contributed by atoms with E-state index in [-0.39, 0.29) is 0 Å². The van der Waals surface area contributed by atoms with Crippen LogP contribution >= 0.6 is 11.3 Å². The molecule has 4 aromatic carbocycles. The smallest absolute Gasteiger partial charge is 0.116 e. The molecule has 0 fully saturated rings. The van der Waals surface area contributed by atoms with Gasteiger partial charge in [-0.3, -0.25) is 0 Å². The SMILES string of the molecule is CC1C=Cc2c(n(-c3cccc(-c4cccc(-c5ncnc6c5sc5ccccc56)c4)c3)c3ccccc23)C1. The summed E-state index contributed by atoms with van der Waals surface area (Å²) in [7, 11) is 0. The summed E-state index contributed by atoms with van der Waals surface area (Å²) in [5.74, 6) is 0.527. The summed E-state index contributed by atoms with van der Waals surface area (Å²) in [4.78, 5) is 9.38. The molecule has 0 bridgehead atoms. The lowest BCUT2D eigenvalue weighted by Crippen LogP contribution is -2.08. The predicted octanol–water partition coefficient (Wildman–Crippen LogP) is 9.33. The summed E-state index contributed by atoms with van der Waals surface area (Å²) >= 11 is 1.77. The van der Waals surface area contributed by atoms with Gasteiger partial charge in [0.05, 0.1) is 21.4 Å². The summed E-state index contributed by atoms with van der Waals surface area (Å²) in [5.41, 5.74) is 10.7. The molecule has 1 aliphatic rings. The third kappa shape index (κ3) is 3.56. The number of hydrogen-bond donors (Lipinski definition) is 0. The summed E-state index contributed by atoms with van der Waals surface area (Å²) in [6.07, 6.45) is 7.38. The Kier molecular flexibility index (Phi) is 5.04. The zero-order chi connectivity index (χ0) is 25.9. The lowest BCUT2D eigenvalue weighted by atomic mass is 9.94. The van der Waals surface area contributed by atoms with Crippen molar-refractivity contribution in [1.29, 1.82) is 0 Å². The van der Waals surface area contributed by atoms with E-state index in [2.05, 4.69) is 126 Å². The number of allylic oxidation sites excluding steroid dienone is 1. The molecule has 7 aromatic rings. The Morgan fingerprint density at radius 1 is 0.769 bits per heavy atom. The highest BCUT2D eigenvalue weighted by Gasteiger charge is 2.21. The molecule has 186 valence electrons. The predicted molar refractivity (Wildman–Crippen MR) is 165 cm³/mol. The monoisotopic (exact) mass is 519 g/mol. The minimum Gasteiger partial charge on any atom is -0.313 e. The van der Waals surface area contributed by atoms with Gasteiger partial charge in [-0.2, -0.15) is 0 Å². The average Bonchev–Trinajstić information content (AvgIpc) is 3.53. The van der Waals surface area contributed by atoms with Crippen LogP contribution in [0.4, 0.5) is 0 Å². The van der Waals surface area contributed by atoms with Gasteiger partial charge in [0.2, 0.25) is 0 Å². The fraction of sp³-hybridized carbons (Fsp3) is 0.0857. The van der Waals surface area contributed by atoms with Crippen LogP contribution < -0.4 is 0 Å². The van der Waals surface area contributed by atoms with E-state index in [1.54, 1.807) is 17.7 Å². The fourth-order valence-electron chi connectivity index (χ4n) is 6.03. The van der Waals surface area contributed by atoms with Crippen molar-refractivity contribution in [3.05, 3.63) is 121 Å². The first-order valence-electron chi connectivity index (χ1n) is 13.4. The van der Waals surface area contributed by atoms with Crippen molar-refractivity contribution in [1.82, 2.24) is 14.5 Å². The first-order valence-corrected chi connectivity index (χ1v) is 14.2. The van der Waals surface area contributed by atoms with Crippen molar-refractivity contribution < 1.29 is 0 Å². The first-order chi connectivity index (χ1) is 19.2. The topological polar surface area (TPSA) is 30.7 Å². The molecular formula is C35H25N3S. The molecule has 8 rings (SSSR count). The van der Waals surface area contributed by atoms with Crippen molar-refractivity contribution in [3.63, 3.8) is 0 Å². The largest absolute Gasteiger partial charge is 0.313 e. The third-order valence-corrected chi connectivity index (χ3v) is 9.02. The molecule has 3 heterocycles. The van der Waals surface area contributed by atoms with Gasteiger partial charge < -0.3 is 4.57 Å². The van der Waals surface area contributed by atoms with E-state index in [1.807, 2.05) is 0 Å². The van der Waals surface area contributed by atoms with Crippen molar-refractivity contribution in [2.75, 3.05) is 0 Å². The summed E-state index contributed by atoms with van der Waals surface area (Å²) in [6, 6.07) is 34.9. The van der Waals surface area contributed by atoms with Crippen LogP contribution in [-0.4, -0.2) is 14.5 Å². The Labute approximate surface area is 230 Å². The van der Waals surface area contributed by atoms with Gasteiger partial charge in [0, 0.05) is 38.0 Å². The van der Waals surface area contributed by atoms with E-state index in [9.17, 15) is 0 Å². The van der Waals surface area contributed by atoms with E-state index in [0.717, 1.165) is 27.9 Å². The number of aromatic nitrogens is 3. The minimum absolute atomic E-state index is 0.527. The standard InChI is InChI=1S/C35H25N3S/c1-22-16-17-28-27-12-2-4-14-30(27)38(31(28)18-22)26-11-7-9-24(20-26)23-8-6-10-25(19-23)33-35-34(37-21-36-33)29-13-3-5-15-32(29)39-35/h2-17,19-22H,18H2,1H3. The molecular weight excluding hydrogens is 494 g/mol. The van der Waals surface area contributed by atoms with E-state index in [0.29, 0.717) is 5.92 Å². The molecule has 3 aromatic heterocycles. The molecule has 0 N–H and O–H groups in total. The highest BCUT2D eigenvalue weighted by Crippen LogP contribution is 2.39. The van der Waals surface area contributed by atoms with Gasteiger partial charge in [0.15, 0.2) is 0 Å². The molecule has 0 saturated carbocycles. The number of fused-ring (bicyclic) bond motifs is 6. The molecule has 1 unspecified atom stereocenters. The summed E-state index contributed by atoms with van der Waals surface area (Å²) in [5, 5.41) is 2.51. The number of rotatable bonds is 3. The van der Waals surface area contributed by atoms with Crippen molar-refractivity contribution >= 4 is 48.6 Å². The highest BCUT2D eigenvalue weighted by atomic mass is 32.1. The highest BCUT2D eigenvalue weighted by molar-refractivity contribution is 7.26. The molecule has 4 heteroatoms. The van der Waals surface area contributed by atoms with Gasteiger partial charge in [-0.05, 0) is 53.8 Å². The Morgan fingerprint density at radius 2 is 1.54 bits per heavy atom. The molecule has 0 saturated heterocycles. The number of para-hydroxylation sites is 1. The Bertz CT molecular complexity index is 2080. The van der Waals surface area contributed by atoms with Crippen LogP contribution in [0.3, 0.4) is 0 Å². The minimum atomic E-state index is 0.527. The van der Waals surface area contributed by atoms with E-state index >= 15 is 0 Å². The third-order valence-electron chi connectivity index (χ3n) is 7.85. The number of nitrogens with zero attached hydrogens (tertiary/aromatic N) is 3. The fourth-order valence-corrected chi connectivity index (χ4v) is 7.20. The maximum Gasteiger partial charge on any atom is 0.116 e. The second-order valence-electron chi connectivity index (χ2n) is 10.4. The van der Waals surface area contributed by atoms with Crippen molar-refractivity contribution in [3.8, 4) is 28.1 Å². The van der Waals surface area contributed by atoms with Gasteiger partial charge in [0.1, 0.15) is 6.33 Å². The average molecular weight is 520 g/mol. The zero-order valence-electron chi connectivity index (χ0n) is 21.5. The zero-order valence-corrected chi connectivity index (χ0v) is 22.3. The molecule has 0 radical (unpaired) electrons. The van der Waals surface area contributed by atoms with E-state index < -0.39 is 0 Å². The molecule has 3 nitrogen and oxygen atoms in total. The van der Waals surface area contributed by atoms with Crippen LogP contribution in [-0.2, 0) is 6.42 Å². The van der Waals surface area contributed by atoms with Crippen LogP contribution in [0.25, 0.3) is 65.4 Å². The maximum absolute atomic E-state index is 4.74. The Hall–Kier alpha value is -4.54. The van der Waals surface area contributed by atoms with Gasteiger partial charge in [0.25, 0.3) is 0 Å². The van der Waals surface area contributed by atoms with E-state index in [1.165, 1.54) is 49.1 Å². The van der Waals surface area contributed by atoms with Crippen LogP contribution in [0.1, 0.15) is 18.2 Å². The van der Waals surface area contributed by atoms with Gasteiger partial charge in [-0.1, -0.05) is 85.8 Å². The van der Waals surface area contributed by atoms with Crippen LogP contribution in [0, 0.1) is 5.92 Å². The second-order valence-corrected chi connectivity index (χ2v) is 11.4. The second kappa shape index (κ2) is 8.75. The van der Waals surface area contributed by atoms with Crippen LogP contribution in [0.5, 0.6) is 0 Å². The lowest BCUT2D eigenvalue weighted by Gasteiger charge is -2.18. The van der Waals surface area contributed by atoms with Gasteiger partial charge >= 0.3 is 0 Å². The van der Waals surface area contributed by atoms with E-state index in [4.69, 9.17) is 4.98 Å². The van der Waals surface area contributed by atoms with Crippen LogP contribution in [0.2, 0.25) is 0 Å². The quantitative estimate of drug-likeness (QED) is 0.233. The number of benzene rings is 4. The Morgan fingerprint density at radius 3 is 2.46 bits per heavy atom. The molecule has 0 aliphatic heterocycles. The molecule has 39 heavy (non-hydrogen) atoms. The molecule has 0 amide bonds. The van der Waals surface area contributed by atoms with Gasteiger partial charge in [-0.15, -0.1) is 11.3 Å². The molecule has 1 atom stereocenters. The maximum atomic E-state index is 4.74. The van der Waals surface area contributed by atoms with Crippen molar-refractivity contribution in [2.24, 2.45) is 5.92 Å². The number of hydrogen-bond acceptors (Lipinski definition) is 3. The lowest BCUT2D eigenvalue weighted by molar-refractivity contribution is 0.690. The van der Waals surface area contributed by atoms with Crippen molar-refractivity contribution in [2.45, 2.75) is 13.3 Å². The summed E-state index contributed by atoms with van der Waals surface area (Å²) in [6.45, 7) is 2.30. The first kappa shape index (κ1) is 22.4. The Balaban J connectivity index is 1.27.